The van der Waals surface area contributed by atoms with Crippen LogP contribution < -0.4 is 14.8 Å². The molecule has 6 nitrogen and oxygen atoms in total. The molecule has 1 atom stereocenters. The van der Waals surface area contributed by atoms with Crippen LogP contribution in [0.2, 0.25) is 10.0 Å². The van der Waals surface area contributed by atoms with E-state index < -0.39 is 22.0 Å². The fourth-order valence-electron chi connectivity index (χ4n) is 2.21. The first kappa shape index (κ1) is 20.5. The van der Waals surface area contributed by atoms with Gasteiger partial charge in [0.15, 0.2) is 0 Å². The van der Waals surface area contributed by atoms with Gasteiger partial charge in [0.05, 0.1) is 33.8 Å². The molecule has 0 spiro atoms. The number of ether oxygens (including phenoxy) is 1. The Kier molecular flexibility index (Phi) is 6.52. The average molecular weight is 417 g/mol. The van der Waals surface area contributed by atoms with Crippen molar-refractivity contribution in [3.05, 3.63) is 52.0 Å². The highest BCUT2D eigenvalue weighted by Crippen LogP contribution is 2.29. The van der Waals surface area contributed by atoms with E-state index in [1.54, 1.807) is 31.2 Å². The number of nitrogens with one attached hydrogen (secondary N) is 2. The topological polar surface area (TPSA) is 84.5 Å². The lowest BCUT2D eigenvalue weighted by atomic mass is 10.2. The Morgan fingerprint density at radius 3 is 2.50 bits per heavy atom. The number of halogens is 2. The van der Waals surface area contributed by atoms with Gasteiger partial charge in [-0.25, -0.2) is 8.42 Å². The van der Waals surface area contributed by atoms with Crippen LogP contribution in [0.1, 0.15) is 12.5 Å². The number of benzene rings is 2. The fraction of sp³-hybridized carbons (Fsp3) is 0.235. The highest BCUT2D eigenvalue weighted by molar-refractivity contribution is 7.89. The van der Waals surface area contributed by atoms with Gasteiger partial charge in [-0.05, 0) is 49.7 Å². The number of amides is 1. The molecule has 1 amide bonds. The Hall–Kier alpha value is -1.80. The molecule has 0 radical (unpaired) electrons. The largest absolute Gasteiger partial charge is 0.496 e. The molecule has 0 heterocycles. The maximum Gasteiger partial charge on any atom is 0.242 e. The Bertz CT molecular complexity index is 932. The summed E-state index contributed by atoms with van der Waals surface area (Å²) in [5.41, 5.74) is 0.966. The van der Waals surface area contributed by atoms with Gasteiger partial charge in [-0.15, -0.1) is 0 Å². The van der Waals surface area contributed by atoms with Crippen LogP contribution in [0.5, 0.6) is 5.75 Å². The SMILES string of the molecule is COc1ccc(S(=O)(=O)N[C@@H](C)C(=O)Nc2cccc(Cl)c2Cl)cc1C. The van der Waals surface area contributed by atoms with Gasteiger partial charge in [-0.3, -0.25) is 4.79 Å². The van der Waals surface area contributed by atoms with Crippen molar-refractivity contribution in [3.8, 4) is 5.75 Å². The van der Waals surface area contributed by atoms with Crippen molar-refractivity contribution in [2.75, 3.05) is 12.4 Å². The zero-order valence-corrected chi connectivity index (χ0v) is 16.7. The second-order valence-electron chi connectivity index (χ2n) is 5.57. The number of hydrogen-bond donors (Lipinski definition) is 2. The minimum absolute atomic E-state index is 0.0382. The molecule has 0 aromatic heterocycles. The summed E-state index contributed by atoms with van der Waals surface area (Å²) in [4.78, 5) is 12.3. The first-order chi connectivity index (χ1) is 12.2. The van der Waals surface area contributed by atoms with Crippen LogP contribution in [0.15, 0.2) is 41.3 Å². The monoisotopic (exact) mass is 416 g/mol. The molecule has 2 rings (SSSR count). The van der Waals surface area contributed by atoms with Gasteiger partial charge < -0.3 is 10.1 Å². The second kappa shape index (κ2) is 8.26. The van der Waals surface area contributed by atoms with Gasteiger partial charge in [0.1, 0.15) is 5.75 Å². The van der Waals surface area contributed by atoms with Gasteiger partial charge in [0.2, 0.25) is 15.9 Å². The maximum absolute atomic E-state index is 12.5. The lowest BCUT2D eigenvalue weighted by molar-refractivity contribution is -0.117. The van der Waals surface area contributed by atoms with Crippen molar-refractivity contribution in [2.45, 2.75) is 24.8 Å². The molecule has 0 fully saturated rings. The number of rotatable bonds is 6. The molecular formula is C17H18Cl2N2O4S. The second-order valence-corrected chi connectivity index (χ2v) is 8.06. The summed E-state index contributed by atoms with van der Waals surface area (Å²) in [5.74, 6) is 0.00770. The van der Waals surface area contributed by atoms with E-state index in [0.717, 1.165) is 0 Å². The van der Waals surface area contributed by atoms with E-state index in [1.807, 2.05) is 0 Å². The van der Waals surface area contributed by atoms with E-state index in [0.29, 0.717) is 17.0 Å². The van der Waals surface area contributed by atoms with E-state index in [4.69, 9.17) is 27.9 Å². The number of methoxy groups -OCH3 is 1. The standard InChI is InChI=1S/C17H18Cl2N2O4S/c1-10-9-12(7-8-15(10)25-3)26(23,24)21-11(2)17(22)20-14-6-4-5-13(18)16(14)19/h4-9,11,21H,1-3H3,(H,20,22)/t11-/m0/s1. The lowest BCUT2D eigenvalue weighted by Gasteiger charge is -2.16. The molecule has 9 heteroatoms. The minimum atomic E-state index is -3.89. The van der Waals surface area contributed by atoms with Crippen LogP contribution in [0.4, 0.5) is 5.69 Å². The zero-order chi connectivity index (χ0) is 19.5. The highest BCUT2D eigenvalue weighted by Gasteiger charge is 2.23. The van der Waals surface area contributed by atoms with E-state index in [2.05, 4.69) is 10.0 Å². The third-order valence-electron chi connectivity index (χ3n) is 3.61. The van der Waals surface area contributed by atoms with Crippen molar-refractivity contribution in [1.82, 2.24) is 4.72 Å². The van der Waals surface area contributed by atoms with Gasteiger partial charge >= 0.3 is 0 Å². The molecule has 0 aliphatic carbocycles. The summed E-state index contributed by atoms with van der Waals surface area (Å²) in [6.45, 7) is 3.16. The molecule has 0 aliphatic rings. The maximum atomic E-state index is 12.5. The first-order valence-electron chi connectivity index (χ1n) is 7.57. The van der Waals surface area contributed by atoms with Crippen molar-refractivity contribution in [1.29, 1.82) is 0 Å². The van der Waals surface area contributed by atoms with E-state index >= 15 is 0 Å². The summed E-state index contributed by atoms with van der Waals surface area (Å²) in [6, 6.07) is 8.18. The summed E-state index contributed by atoms with van der Waals surface area (Å²) in [6.07, 6.45) is 0. The lowest BCUT2D eigenvalue weighted by Crippen LogP contribution is -2.41. The predicted molar refractivity (Wildman–Crippen MR) is 103 cm³/mol. The number of carbonyl (C=O) groups excluding carboxylic acids is 1. The molecule has 2 aromatic carbocycles. The van der Waals surface area contributed by atoms with E-state index in [-0.39, 0.29) is 14.9 Å². The van der Waals surface area contributed by atoms with Crippen LogP contribution in [0.25, 0.3) is 0 Å². The summed E-state index contributed by atoms with van der Waals surface area (Å²) in [5, 5.41) is 3.02. The Morgan fingerprint density at radius 2 is 1.88 bits per heavy atom. The Labute approximate surface area is 162 Å². The number of sulfonamides is 1. The third kappa shape index (κ3) is 4.67. The zero-order valence-electron chi connectivity index (χ0n) is 14.3. The third-order valence-corrected chi connectivity index (χ3v) is 5.97. The first-order valence-corrected chi connectivity index (χ1v) is 9.81. The fourth-order valence-corrected chi connectivity index (χ4v) is 3.85. The molecule has 26 heavy (non-hydrogen) atoms. The van der Waals surface area contributed by atoms with Gasteiger partial charge in [-0.1, -0.05) is 29.3 Å². The molecule has 0 unspecified atom stereocenters. The summed E-state index contributed by atoms with van der Waals surface area (Å²) >= 11 is 11.9. The van der Waals surface area contributed by atoms with E-state index in [1.165, 1.54) is 26.2 Å². The molecule has 2 N–H and O–H groups in total. The summed E-state index contributed by atoms with van der Waals surface area (Å²) < 4.78 is 32.4. The Balaban J connectivity index is 2.14. The van der Waals surface area contributed by atoms with Gasteiger partial charge in [-0.2, -0.15) is 4.72 Å². The van der Waals surface area contributed by atoms with Crippen LogP contribution in [-0.2, 0) is 14.8 Å². The smallest absolute Gasteiger partial charge is 0.242 e. The van der Waals surface area contributed by atoms with Gasteiger partial charge in [0.25, 0.3) is 0 Å². The molecule has 0 bridgehead atoms. The molecule has 0 saturated carbocycles. The van der Waals surface area contributed by atoms with Crippen molar-refractivity contribution < 1.29 is 17.9 Å². The van der Waals surface area contributed by atoms with Crippen LogP contribution >= 0.6 is 23.2 Å². The highest BCUT2D eigenvalue weighted by atomic mass is 35.5. The number of hydrogen-bond acceptors (Lipinski definition) is 4. The number of aryl methyl sites for hydroxylation is 1. The predicted octanol–water partition coefficient (Wildman–Crippen LogP) is 3.62. The molecule has 140 valence electrons. The average Bonchev–Trinajstić information content (AvgIpc) is 2.58. The number of anilines is 1. The molecule has 2 aromatic rings. The summed E-state index contributed by atoms with van der Waals surface area (Å²) in [7, 11) is -2.39. The molecule has 0 aliphatic heterocycles. The molecular weight excluding hydrogens is 399 g/mol. The molecule has 0 saturated heterocycles. The van der Waals surface area contributed by atoms with Crippen molar-refractivity contribution >= 4 is 44.8 Å². The normalized spacial score (nSPS) is 12.5. The van der Waals surface area contributed by atoms with Crippen LogP contribution in [0, 0.1) is 6.92 Å². The van der Waals surface area contributed by atoms with E-state index in [9.17, 15) is 13.2 Å². The quantitative estimate of drug-likeness (QED) is 0.752. The minimum Gasteiger partial charge on any atom is -0.496 e. The Morgan fingerprint density at radius 1 is 1.19 bits per heavy atom. The number of carbonyl (C=O) groups is 1. The van der Waals surface area contributed by atoms with Crippen LogP contribution in [0.3, 0.4) is 0 Å². The van der Waals surface area contributed by atoms with Crippen LogP contribution in [-0.4, -0.2) is 27.5 Å². The van der Waals surface area contributed by atoms with Crippen molar-refractivity contribution in [2.24, 2.45) is 0 Å². The van der Waals surface area contributed by atoms with Gasteiger partial charge in [0, 0.05) is 0 Å². The van der Waals surface area contributed by atoms with Crippen molar-refractivity contribution in [3.63, 3.8) is 0 Å².